The number of carbonyl (C=O) groups excluding carboxylic acids is 1. The molecule has 31 heavy (non-hydrogen) atoms. The summed E-state index contributed by atoms with van der Waals surface area (Å²) in [5, 5.41) is 6.82. The van der Waals surface area contributed by atoms with Crippen LogP contribution in [0.4, 0.5) is 11.4 Å². The van der Waals surface area contributed by atoms with Crippen LogP contribution in [-0.4, -0.2) is 19.6 Å². The predicted octanol–water partition coefficient (Wildman–Crippen LogP) is 5.90. The van der Waals surface area contributed by atoms with E-state index in [1.807, 2.05) is 31.2 Å². The summed E-state index contributed by atoms with van der Waals surface area (Å²) in [6.07, 6.45) is 0. The van der Waals surface area contributed by atoms with Gasteiger partial charge < -0.3 is 20.1 Å². The second-order valence-electron chi connectivity index (χ2n) is 7.46. The van der Waals surface area contributed by atoms with E-state index in [-0.39, 0.29) is 12.5 Å². The lowest BCUT2D eigenvalue weighted by Gasteiger charge is -2.14. The van der Waals surface area contributed by atoms with Crippen molar-refractivity contribution in [1.29, 1.82) is 0 Å². The highest BCUT2D eigenvalue weighted by Gasteiger charge is 2.10. The molecule has 162 valence electrons. The zero-order valence-electron chi connectivity index (χ0n) is 18.2. The SMILES string of the molecule is COc1cc(CNc2ccc(C)cc2C)ccc1OCC(=O)Nc1ccc(C)c(Cl)c1. The molecule has 2 N–H and O–H groups in total. The highest BCUT2D eigenvalue weighted by Crippen LogP contribution is 2.29. The van der Waals surface area contributed by atoms with Crippen molar-refractivity contribution in [3.8, 4) is 11.5 Å². The molecule has 0 fully saturated rings. The third-order valence-corrected chi connectivity index (χ3v) is 5.31. The number of amides is 1. The van der Waals surface area contributed by atoms with E-state index >= 15 is 0 Å². The van der Waals surface area contributed by atoms with Gasteiger partial charge in [-0.15, -0.1) is 0 Å². The Morgan fingerprint density at radius 1 is 0.935 bits per heavy atom. The molecule has 1 amide bonds. The molecule has 0 spiro atoms. The van der Waals surface area contributed by atoms with E-state index in [0.717, 1.165) is 16.8 Å². The molecular weight excluding hydrogens is 412 g/mol. The zero-order chi connectivity index (χ0) is 22.4. The lowest BCUT2D eigenvalue weighted by molar-refractivity contribution is -0.118. The van der Waals surface area contributed by atoms with Crippen molar-refractivity contribution < 1.29 is 14.3 Å². The van der Waals surface area contributed by atoms with Crippen LogP contribution in [-0.2, 0) is 11.3 Å². The Morgan fingerprint density at radius 3 is 2.45 bits per heavy atom. The fourth-order valence-corrected chi connectivity index (χ4v) is 3.34. The summed E-state index contributed by atoms with van der Waals surface area (Å²) in [7, 11) is 1.58. The number of carbonyl (C=O) groups is 1. The Balaban J connectivity index is 1.59. The van der Waals surface area contributed by atoms with Gasteiger partial charge in [0.1, 0.15) is 0 Å². The number of methoxy groups -OCH3 is 1. The van der Waals surface area contributed by atoms with Crippen molar-refractivity contribution >= 4 is 28.9 Å². The van der Waals surface area contributed by atoms with Gasteiger partial charge in [0.2, 0.25) is 0 Å². The molecule has 0 bridgehead atoms. The Labute approximate surface area is 188 Å². The molecular formula is C25H27ClN2O3. The summed E-state index contributed by atoms with van der Waals surface area (Å²) in [5.74, 6) is 0.809. The lowest BCUT2D eigenvalue weighted by Crippen LogP contribution is -2.20. The van der Waals surface area contributed by atoms with Crippen LogP contribution < -0.4 is 20.1 Å². The van der Waals surface area contributed by atoms with Crippen LogP contribution in [0.1, 0.15) is 22.3 Å². The number of ether oxygens (including phenoxy) is 2. The van der Waals surface area contributed by atoms with E-state index in [0.29, 0.717) is 28.8 Å². The van der Waals surface area contributed by atoms with Crippen LogP contribution in [0.5, 0.6) is 11.5 Å². The first-order valence-corrected chi connectivity index (χ1v) is 10.4. The number of aryl methyl sites for hydroxylation is 3. The van der Waals surface area contributed by atoms with E-state index in [2.05, 4.69) is 42.7 Å². The Hall–Kier alpha value is -3.18. The Bertz CT molecular complexity index is 1080. The van der Waals surface area contributed by atoms with Crippen molar-refractivity contribution in [2.45, 2.75) is 27.3 Å². The minimum Gasteiger partial charge on any atom is -0.493 e. The first kappa shape index (κ1) is 22.5. The summed E-state index contributed by atoms with van der Waals surface area (Å²) in [4.78, 5) is 12.2. The molecule has 0 aliphatic rings. The molecule has 3 aromatic rings. The molecule has 0 saturated carbocycles. The minimum absolute atomic E-state index is 0.137. The molecule has 5 nitrogen and oxygen atoms in total. The number of rotatable bonds is 8. The average molecular weight is 439 g/mol. The van der Waals surface area contributed by atoms with E-state index < -0.39 is 0 Å². The highest BCUT2D eigenvalue weighted by molar-refractivity contribution is 6.31. The number of nitrogens with one attached hydrogen (secondary N) is 2. The molecule has 0 aromatic heterocycles. The largest absolute Gasteiger partial charge is 0.493 e. The van der Waals surface area contributed by atoms with Crippen LogP contribution in [0.2, 0.25) is 5.02 Å². The number of benzene rings is 3. The van der Waals surface area contributed by atoms with Gasteiger partial charge in [-0.25, -0.2) is 0 Å². The summed E-state index contributed by atoms with van der Waals surface area (Å²) >= 11 is 6.10. The normalized spacial score (nSPS) is 10.5. The third-order valence-electron chi connectivity index (χ3n) is 4.91. The fraction of sp³-hybridized carbons (Fsp3) is 0.240. The summed E-state index contributed by atoms with van der Waals surface area (Å²) in [6.45, 7) is 6.58. The fourth-order valence-electron chi connectivity index (χ4n) is 3.16. The van der Waals surface area contributed by atoms with Crippen LogP contribution >= 0.6 is 11.6 Å². The van der Waals surface area contributed by atoms with Gasteiger partial charge in [0.15, 0.2) is 18.1 Å². The first-order chi connectivity index (χ1) is 14.9. The third kappa shape index (κ3) is 6.15. The molecule has 0 aliphatic heterocycles. The minimum atomic E-state index is -0.275. The summed E-state index contributed by atoms with van der Waals surface area (Å²) in [6, 6.07) is 17.4. The smallest absolute Gasteiger partial charge is 0.262 e. The summed E-state index contributed by atoms with van der Waals surface area (Å²) < 4.78 is 11.1. The molecule has 6 heteroatoms. The van der Waals surface area contributed by atoms with Crippen LogP contribution in [0.15, 0.2) is 54.6 Å². The molecule has 0 saturated heterocycles. The van der Waals surface area contributed by atoms with Crippen LogP contribution in [0, 0.1) is 20.8 Å². The van der Waals surface area contributed by atoms with Crippen molar-refractivity contribution in [3.63, 3.8) is 0 Å². The topological polar surface area (TPSA) is 59.6 Å². The maximum atomic E-state index is 12.2. The molecule has 3 aromatic carbocycles. The summed E-state index contributed by atoms with van der Waals surface area (Å²) in [5.41, 5.74) is 6.16. The maximum Gasteiger partial charge on any atom is 0.262 e. The first-order valence-electron chi connectivity index (χ1n) is 10.0. The standard InChI is InChI=1S/C25H27ClN2O3/c1-16-5-9-22(18(3)11-16)27-14-19-7-10-23(24(12-19)30-4)31-15-25(29)28-20-8-6-17(2)21(26)13-20/h5-13,27H,14-15H2,1-4H3,(H,28,29). The maximum absolute atomic E-state index is 12.2. The van der Waals surface area contributed by atoms with Crippen molar-refractivity contribution in [1.82, 2.24) is 0 Å². The van der Waals surface area contributed by atoms with E-state index in [1.165, 1.54) is 11.1 Å². The Kier molecular flexibility index (Phi) is 7.42. The molecule has 0 heterocycles. The predicted molar refractivity (Wildman–Crippen MR) is 127 cm³/mol. The van der Waals surface area contributed by atoms with Gasteiger partial charge in [0.05, 0.1) is 7.11 Å². The molecule has 0 radical (unpaired) electrons. The van der Waals surface area contributed by atoms with Gasteiger partial charge in [-0.2, -0.15) is 0 Å². The second-order valence-corrected chi connectivity index (χ2v) is 7.87. The number of hydrogen-bond donors (Lipinski definition) is 2. The van der Waals surface area contributed by atoms with Crippen molar-refractivity contribution in [3.05, 3.63) is 81.9 Å². The quantitative estimate of drug-likeness (QED) is 0.459. The number of anilines is 2. The van der Waals surface area contributed by atoms with Gasteiger partial charge in [-0.1, -0.05) is 41.4 Å². The molecule has 0 atom stereocenters. The lowest BCUT2D eigenvalue weighted by atomic mass is 10.1. The zero-order valence-corrected chi connectivity index (χ0v) is 19.0. The number of halogens is 1. The Morgan fingerprint density at radius 2 is 1.74 bits per heavy atom. The van der Waals surface area contributed by atoms with E-state index in [9.17, 15) is 4.79 Å². The van der Waals surface area contributed by atoms with Gasteiger partial charge in [-0.05, 0) is 67.8 Å². The van der Waals surface area contributed by atoms with Gasteiger partial charge in [-0.3, -0.25) is 4.79 Å². The molecule has 0 unspecified atom stereocenters. The van der Waals surface area contributed by atoms with Crippen molar-refractivity contribution in [2.75, 3.05) is 24.4 Å². The van der Waals surface area contributed by atoms with Gasteiger partial charge in [0, 0.05) is 22.9 Å². The monoisotopic (exact) mass is 438 g/mol. The molecule has 0 aliphatic carbocycles. The average Bonchev–Trinajstić information content (AvgIpc) is 2.74. The van der Waals surface area contributed by atoms with Crippen LogP contribution in [0.3, 0.4) is 0 Å². The van der Waals surface area contributed by atoms with Gasteiger partial charge in [0.25, 0.3) is 5.91 Å². The molecule has 3 rings (SSSR count). The second kappa shape index (κ2) is 10.2. The van der Waals surface area contributed by atoms with Gasteiger partial charge >= 0.3 is 0 Å². The number of hydrogen-bond acceptors (Lipinski definition) is 4. The van der Waals surface area contributed by atoms with E-state index in [4.69, 9.17) is 21.1 Å². The van der Waals surface area contributed by atoms with E-state index in [1.54, 1.807) is 19.2 Å². The highest BCUT2D eigenvalue weighted by atomic mass is 35.5. The van der Waals surface area contributed by atoms with Crippen molar-refractivity contribution in [2.24, 2.45) is 0 Å². The van der Waals surface area contributed by atoms with Crippen LogP contribution in [0.25, 0.3) is 0 Å².